The second-order valence-electron chi connectivity index (χ2n) is 10.6. The summed E-state index contributed by atoms with van der Waals surface area (Å²) in [5.74, 6) is -1.53. The van der Waals surface area contributed by atoms with Crippen molar-refractivity contribution in [1.82, 2.24) is 4.98 Å². The van der Waals surface area contributed by atoms with E-state index in [2.05, 4.69) is 18.8 Å². The van der Waals surface area contributed by atoms with Crippen molar-refractivity contribution in [2.75, 3.05) is 19.8 Å². The molecule has 4 nitrogen and oxygen atoms in total. The van der Waals surface area contributed by atoms with Gasteiger partial charge in [-0.15, -0.1) is 0 Å². The Morgan fingerprint density at radius 3 is 2.03 bits per heavy atom. The molecule has 3 rings (SSSR count). The second-order valence-corrected chi connectivity index (χ2v) is 10.6. The van der Waals surface area contributed by atoms with Gasteiger partial charge >= 0.3 is 0 Å². The van der Waals surface area contributed by atoms with Crippen LogP contribution in [0.1, 0.15) is 116 Å². The highest BCUT2D eigenvalue weighted by Crippen LogP contribution is 2.31. The van der Waals surface area contributed by atoms with Crippen molar-refractivity contribution in [2.24, 2.45) is 5.92 Å². The lowest BCUT2D eigenvalue weighted by atomic mass is 10.0. The first-order valence-electron chi connectivity index (χ1n) is 14.9. The molecular formula is C32H47F2NO3. The molecule has 0 N–H and O–H groups in total. The molecule has 0 spiro atoms. The normalized spacial score (nSPS) is 17.6. The average molecular weight is 532 g/mol. The Hall–Kier alpha value is -2.05. The lowest BCUT2D eigenvalue weighted by Gasteiger charge is -2.29. The van der Waals surface area contributed by atoms with Crippen LogP contribution in [0.4, 0.5) is 8.78 Å². The quantitative estimate of drug-likeness (QED) is 0.180. The highest BCUT2D eigenvalue weighted by Gasteiger charge is 2.24. The maximum atomic E-state index is 14.8. The van der Waals surface area contributed by atoms with Gasteiger partial charge < -0.3 is 14.2 Å². The van der Waals surface area contributed by atoms with Crippen LogP contribution >= 0.6 is 0 Å². The Kier molecular flexibility index (Phi) is 14.1. The van der Waals surface area contributed by atoms with E-state index < -0.39 is 17.9 Å². The monoisotopic (exact) mass is 531 g/mol. The molecule has 38 heavy (non-hydrogen) atoms. The van der Waals surface area contributed by atoms with Crippen LogP contribution in [0.5, 0.6) is 5.75 Å². The van der Waals surface area contributed by atoms with Gasteiger partial charge in [-0.25, -0.2) is 4.39 Å². The third-order valence-electron chi connectivity index (χ3n) is 7.32. The summed E-state index contributed by atoms with van der Waals surface area (Å²) in [6, 6.07) is 6.50. The molecule has 0 aliphatic carbocycles. The van der Waals surface area contributed by atoms with Crippen LogP contribution < -0.4 is 4.74 Å². The zero-order valence-electron chi connectivity index (χ0n) is 23.5. The van der Waals surface area contributed by atoms with E-state index in [9.17, 15) is 8.78 Å². The zero-order chi connectivity index (χ0) is 27.0. The summed E-state index contributed by atoms with van der Waals surface area (Å²) < 4.78 is 46.9. The number of aromatic nitrogens is 1. The maximum Gasteiger partial charge on any atom is 0.201 e. The Labute approximate surface area is 228 Å². The number of hydrogen-bond donors (Lipinski definition) is 0. The molecule has 0 atom stereocenters. The molecule has 2 aromatic rings. The molecule has 1 aliphatic rings. The number of unbranched alkanes of at least 4 members (excludes halogenated alkanes) is 11. The van der Waals surface area contributed by atoms with Gasteiger partial charge in [0.05, 0.1) is 25.5 Å². The first-order chi connectivity index (χ1) is 18.6. The van der Waals surface area contributed by atoms with Crippen molar-refractivity contribution in [3.8, 4) is 17.0 Å². The first kappa shape index (κ1) is 30.5. The number of pyridine rings is 1. The fourth-order valence-corrected chi connectivity index (χ4v) is 4.90. The minimum absolute atomic E-state index is 0.0496. The Bertz CT molecular complexity index is 914. The topological polar surface area (TPSA) is 40.6 Å². The van der Waals surface area contributed by atoms with Gasteiger partial charge in [-0.3, -0.25) is 4.98 Å². The fraction of sp³-hybridized carbons (Fsp3) is 0.656. The van der Waals surface area contributed by atoms with E-state index in [0.717, 1.165) is 31.2 Å². The summed E-state index contributed by atoms with van der Waals surface area (Å²) in [6.07, 6.45) is 18.1. The van der Waals surface area contributed by atoms with E-state index in [-0.39, 0.29) is 11.3 Å². The molecule has 6 heteroatoms. The Balaban J connectivity index is 1.42. The van der Waals surface area contributed by atoms with E-state index in [1.165, 1.54) is 76.3 Å². The van der Waals surface area contributed by atoms with Gasteiger partial charge in [0.2, 0.25) is 5.82 Å². The molecule has 1 aromatic heterocycles. The van der Waals surface area contributed by atoms with Crippen LogP contribution in [0.15, 0.2) is 30.5 Å². The summed E-state index contributed by atoms with van der Waals surface area (Å²) in [5, 5.41) is 0. The van der Waals surface area contributed by atoms with E-state index >= 15 is 0 Å². The van der Waals surface area contributed by atoms with Crippen molar-refractivity contribution in [3.05, 3.63) is 47.7 Å². The Morgan fingerprint density at radius 2 is 1.39 bits per heavy atom. The fourth-order valence-electron chi connectivity index (χ4n) is 4.90. The van der Waals surface area contributed by atoms with E-state index in [1.807, 2.05) is 6.07 Å². The standard InChI is InChI=1S/C32H47F2NO3/c1-3-5-7-9-11-12-14-16-25-23-37-32(38-24-25)26-17-19-28(35-22-26)27-18-20-29(31(34)30(27)33)36-21-15-13-10-8-6-4-2/h17-20,22,25,32H,3-16,21,23-24H2,1-2H3. The lowest BCUT2D eigenvalue weighted by molar-refractivity contribution is -0.206. The van der Waals surface area contributed by atoms with Crippen LogP contribution in [-0.2, 0) is 9.47 Å². The molecule has 0 saturated carbocycles. The SMILES string of the molecule is CCCCCCCCCC1COC(c2ccc(-c3ccc(OCCCCCCCC)c(F)c3F)nc2)OC1. The average Bonchev–Trinajstić information content (AvgIpc) is 2.95. The van der Waals surface area contributed by atoms with E-state index in [0.29, 0.717) is 31.4 Å². The van der Waals surface area contributed by atoms with Gasteiger partial charge in [0.15, 0.2) is 17.9 Å². The molecule has 1 saturated heterocycles. The number of nitrogens with zero attached hydrogens (tertiary/aromatic N) is 1. The lowest BCUT2D eigenvalue weighted by Crippen LogP contribution is -2.27. The molecule has 212 valence electrons. The van der Waals surface area contributed by atoms with E-state index in [4.69, 9.17) is 14.2 Å². The molecule has 0 radical (unpaired) electrons. The first-order valence-corrected chi connectivity index (χ1v) is 14.9. The third-order valence-corrected chi connectivity index (χ3v) is 7.32. The predicted octanol–water partition coefficient (Wildman–Crippen LogP) is 9.57. The van der Waals surface area contributed by atoms with Gasteiger partial charge in [0.1, 0.15) is 0 Å². The van der Waals surface area contributed by atoms with E-state index in [1.54, 1.807) is 12.3 Å². The highest BCUT2D eigenvalue weighted by atomic mass is 19.2. The number of ether oxygens (including phenoxy) is 3. The zero-order valence-corrected chi connectivity index (χ0v) is 23.5. The second kappa shape index (κ2) is 17.5. The largest absolute Gasteiger partial charge is 0.490 e. The molecule has 0 unspecified atom stereocenters. The van der Waals surface area contributed by atoms with Gasteiger partial charge in [0, 0.05) is 23.2 Å². The Morgan fingerprint density at radius 1 is 0.763 bits per heavy atom. The summed E-state index contributed by atoms with van der Waals surface area (Å²) in [4.78, 5) is 4.37. The molecule has 1 fully saturated rings. The molecule has 1 aliphatic heterocycles. The third kappa shape index (κ3) is 9.92. The van der Waals surface area contributed by atoms with Gasteiger partial charge in [0.25, 0.3) is 0 Å². The van der Waals surface area contributed by atoms with Crippen molar-refractivity contribution >= 4 is 0 Å². The number of halogens is 2. The number of benzene rings is 1. The van der Waals surface area contributed by atoms with Crippen molar-refractivity contribution in [3.63, 3.8) is 0 Å². The minimum Gasteiger partial charge on any atom is -0.490 e. The molecule has 1 aromatic carbocycles. The van der Waals surface area contributed by atoms with Crippen molar-refractivity contribution < 1.29 is 23.0 Å². The van der Waals surface area contributed by atoms with Gasteiger partial charge in [-0.2, -0.15) is 4.39 Å². The van der Waals surface area contributed by atoms with Crippen molar-refractivity contribution in [1.29, 1.82) is 0 Å². The van der Waals surface area contributed by atoms with Gasteiger partial charge in [-0.05, 0) is 31.0 Å². The molecule has 2 heterocycles. The maximum absolute atomic E-state index is 14.8. The number of rotatable bonds is 18. The van der Waals surface area contributed by atoms with Crippen LogP contribution in [0, 0.1) is 17.6 Å². The smallest absolute Gasteiger partial charge is 0.201 e. The predicted molar refractivity (Wildman–Crippen MR) is 149 cm³/mol. The molecular weight excluding hydrogens is 484 g/mol. The van der Waals surface area contributed by atoms with Crippen LogP contribution in [0.25, 0.3) is 11.3 Å². The van der Waals surface area contributed by atoms with Crippen molar-refractivity contribution in [2.45, 2.75) is 110 Å². The number of hydrogen-bond acceptors (Lipinski definition) is 4. The van der Waals surface area contributed by atoms with Crippen LogP contribution in [0.3, 0.4) is 0 Å². The minimum atomic E-state index is -0.967. The summed E-state index contributed by atoms with van der Waals surface area (Å²) in [7, 11) is 0. The highest BCUT2D eigenvalue weighted by molar-refractivity contribution is 5.61. The van der Waals surface area contributed by atoms with Gasteiger partial charge in [-0.1, -0.05) is 97.0 Å². The molecule has 0 bridgehead atoms. The molecule has 0 amide bonds. The summed E-state index contributed by atoms with van der Waals surface area (Å²) in [5.41, 5.74) is 1.25. The summed E-state index contributed by atoms with van der Waals surface area (Å²) >= 11 is 0. The van der Waals surface area contributed by atoms with Crippen LogP contribution in [-0.4, -0.2) is 24.8 Å². The summed E-state index contributed by atoms with van der Waals surface area (Å²) in [6.45, 7) is 6.15. The van der Waals surface area contributed by atoms with Crippen LogP contribution in [0.2, 0.25) is 0 Å².